The summed E-state index contributed by atoms with van der Waals surface area (Å²) in [4.78, 5) is 5.81. The largest absolute Gasteiger partial charge is 0.364 e. The SMILES string of the molecule is CC1CN(C(C)c2ccc[nH]2)CCN1. The molecule has 14 heavy (non-hydrogen) atoms. The number of hydrogen-bond donors (Lipinski definition) is 2. The lowest BCUT2D eigenvalue weighted by atomic mass is 10.1. The Morgan fingerprint density at radius 2 is 2.43 bits per heavy atom. The van der Waals surface area contributed by atoms with Crippen molar-refractivity contribution in [3.8, 4) is 0 Å². The second-order valence-corrected chi connectivity index (χ2v) is 4.15. The molecule has 3 heteroatoms. The number of aromatic amines is 1. The highest BCUT2D eigenvalue weighted by atomic mass is 15.2. The molecule has 1 aromatic heterocycles. The minimum atomic E-state index is 0.509. The van der Waals surface area contributed by atoms with Crippen LogP contribution in [-0.4, -0.2) is 35.6 Å². The van der Waals surface area contributed by atoms with E-state index in [9.17, 15) is 0 Å². The Hall–Kier alpha value is -0.800. The van der Waals surface area contributed by atoms with Gasteiger partial charge in [0, 0.05) is 43.6 Å². The smallest absolute Gasteiger partial charge is 0.0471 e. The van der Waals surface area contributed by atoms with Crippen molar-refractivity contribution in [3.05, 3.63) is 24.0 Å². The molecule has 2 unspecified atom stereocenters. The van der Waals surface area contributed by atoms with Crippen molar-refractivity contribution in [1.29, 1.82) is 0 Å². The first kappa shape index (κ1) is 9.74. The van der Waals surface area contributed by atoms with Gasteiger partial charge in [-0.25, -0.2) is 0 Å². The van der Waals surface area contributed by atoms with Crippen LogP contribution in [0.1, 0.15) is 25.6 Å². The van der Waals surface area contributed by atoms with Crippen molar-refractivity contribution in [1.82, 2.24) is 15.2 Å². The molecule has 0 radical (unpaired) electrons. The van der Waals surface area contributed by atoms with Crippen LogP contribution in [0.3, 0.4) is 0 Å². The van der Waals surface area contributed by atoms with E-state index in [1.165, 1.54) is 5.69 Å². The Morgan fingerprint density at radius 3 is 3.07 bits per heavy atom. The average Bonchev–Trinajstić information content (AvgIpc) is 2.69. The van der Waals surface area contributed by atoms with Crippen molar-refractivity contribution in [2.45, 2.75) is 25.9 Å². The van der Waals surface area contributed by atoms with E-state index in [0.717, 1.165) is 19.6 Å². The molecule has 0 saturated carbocycles. The fourth-order valence-electron chi connectivity index (χ4n) is 2.11. The predicted octanol–water partition coefficient (Wildman–Crippen LogP) is 1.37. The highest BCUT2D eigenvalue weighted by Gasteiger charge is 2.21. The molecule has 0 aromatic carbocycles. The van der Waals surface area contributed by atoms with Gasteiger partial charge in [-0.05, 0) is 26.0 Å². The van der Waals surface area contributed by atoms with Crippen molar-refractivity contribution in [2.24, 2.45) is 0 Å². The molecule has 1 aliphatic heterocycles. The van der Waals surface area contributed by atoms with Crippen LogP contribution < -0.4 is 5.32 Å². The number of H-pyrrole nitrogens is 1. The average molecular weight is 193 g/mol. The third-order valence-electron chi connectivity index (χ3n) is 3.02. The van der Waals surface area contributed by atoms with Gasteiger partial charge < -0.3 is 10.3 Å². The fourth-order valence-corrected chi connectivity index (χ4v) is 2.11. The first-order valence-corrected chi connectivity index (χ1v) is 5.38. The van der Waals surface area contributed by atoms with Gasteiger partial charge in [0.25, 0.3) is 0 Å². The molecular weight excluding hydrogens is 174 g/mol. The molecule has 1 fully saturated rings. The van der Waals surface area contributed by atoms with Gasteiger partial charge in [-0.1, -0.05) is 0 Å². The van der Waals surface area contributed by atoms with E-state index in [0.29, 0.717) is 12.1 Å². The van der Waals surface area contributed by atoms with Gasteiger partial charge in [0.1, 0.15) is 0 Å². The van der Waals surface area contributed by atoms with Gasteiger partial charge in [0.05, 0.1) is 0 Å². The van der Waals surface area contributed by atoms with E-state index in [2.05, 4.69) is 41.2 Å². The van der Waals surface area contributed by atoms with Gasteiger partial charge >= 0.3 is 0 Å². The summed E-state index contributed by atoms with van der Waals surface area (Å²) in [6.45, 7) is 7.90. The normalized spacial score (nSPS) is 26.3. The van der Waals surface area contributed by atoms with Gasteiger partial charge in [0.2, 0.25) is 0 Å². The summed E-state index contributed by atoms with van der Waals surface area (Å²) in [5.41, 5.74) is 1.32. The molecule has 0 spiro atoms. The number of piperazine rings is 1. The van der Waals surface area contributed by atoms with Gasteiger partial charge in [0.15, 0.2) is 0 Å². The van der Waals surface area contributed by atoms with E-state index < -0.39 is 0 Å². The lowest BCUT2D eigenvalue weighted by Crippen LogP contribution is -2.49. The molecule has 1 aromatic rings. The molecule has 3 nitrogen and oxygen atoms in total. The maximum atomic E-state index is 3.46. The van der Waals surface area contributed by atoms with Crippen molar-refractivity contribution in [2.75, 3.05) is 19.6 Å². The summed E-state index contributed by atoms with van der Waals surface area (Å²) in [5.74, 6) is 0. The standard InChI is InChI=1S/C11H19N3/c1-9-8-14(7-6-12-9)10(2)11-4-3-5-13-11/h3-5,9-10,12-13H,6-8H2,1-2H3. The van der Waals surface area contributed by atoms with Crippen LogP contribution in [0.15, 0.2) is 18.3 Å². The minimum Gasteiger partial charge on any atom is -0.364 e. The summed E-state index contributed by atoms with van der Waals surface area (Å²) >= 11 is 0. The van der Waals surface area contributed by atoms with Crippen LogP contribution in [0, 0.1) is 0 Å². The Bertz CT molecular complexity index is 268. The van der Waals surface area contributed by atoms with Gasteiger partial charge in [-0.2, -0.15) is 0 Å². The zero-order chi connectivity index (χ0) is 9.97. The molecule has 2 N–H and O–H groups in total. The first-order chi connectivity index (χ1) is 6.77. The minimum absolute atomic E-state index is 0.509. The summed E-state index contributed by atoms with van der Waals surface area (Å²) in [5, 5.41) is 3.46. The van der Waals surface area contributed by atoms with E-state index >= 15 is 0 Å². The summed E-state index contributed by atoms with van der Waals surface area (Å²) in [7, 11) is 0. The van der Waals surface area contributed by atoms with Crippen LogP contribution in [0.4, 0.5) is 0 Å². The van der Waals surface area contributed by atoms with Crippen molar-refractivity contribution < 1.29 is 0 Å². The summed E-state index contributed by atoms with van der Waals surface area (Å²) < 4.78 is 0. The second-order valence-electron chi connectivity index (χ2n) is 4.15. The monoisotopic (exact) mass is 193 g/mol. The number of aromatic nitrogens is 1. The molecule has 1 saturated heterocycles. The number of nitrogens with zero attached hydrogens (tertiary/aromatic N) is 1. The van der Waals surface area contributed by atoms with E-state index in [1.807, 2.05) is 6.20 Å². The molecule has 0 aliphatic carbocycles. The van der Waals surface area contributed by atoms with Crippen LogP contribution in [0.2, 0.25) is 0 Å². The molecular formula is C11H19N3. The van der Waals surface area contributed by atoms with Gasteiger partial charge in [-0.15, -0.1) is 0 Å². The van der Waals surface area contributed by atoms with Crippen molar-refractivity contribution in [3.63, 3.8) is 0 Å². The molecule has 0 bridgehead atoms. The Labute approximate surface area is 85.5 Å². The topological polar surface area (TPSA) is 31.1 Å². The summed E-state index contributed by atoms with van der Waals surface area (Å²) in [6, 6.07) is 5.35. The highest BCUT2D eigenvalue weighted by molar-refractivity contribution is 5.08. The number of rotatable bonds is 2. The fraction of sp³-hybridized carbons (Fsp3) is 0.636. The Kier molecular flexibility index (Phi) is 2.89. The quantitative estimate of drug-likeness (QED) is 0.743. The Balaban J connectivity index is 2.00. The highest BCUT2D eigenvalue weighted by Crippen LogP contribution is 2.19. The number of nitrogens with one attached hydrogen (secondary N) is 2. The molecule has 1 aliphatic rings. The summed E-state index contributed by atoms with van der Waals surface area (Å²) in [6.07, 6.45) is 2.00. The van der Waals surface area contributed by atoms with Crippen LogP contribution in [-0.2, 0) is 0 Å². The molecule has 2 rings (SSSR count). The molecule has 2 atom stereocenters. The van der Waals surface area contributed by atoms with Crippen LogP contribution in [0.25, 0.3) is 0 Å². The maximum Gasteiger partial charge on any atom is 0.0471 e. The Morgan fingerprint density at radius 1 is 1.57 bits per heavy atom. The second kappa shape index (κ2) is 4.15. The maximum absolute atomic E-state index is 3.46. The third-order valence-corrected chi connectivity index (χ3v) is 3.02. The molecule has 2 heterocycles. The third kappa shape index (κ3) is 1.99. The van der Waals surface area contributed by atoms with E-state index in [1.54, 1.807) is 0 Å². The molecule has 0 amide bonds. The zero-order valence-corrected chi connectivity index (χ0v) is 8.96. The molecule has 78 valence electrons. The van der Waals surface area contributed by atoms with E-state index in [-0.39, 0.29) is 0 Å². The predicted molar refractivity (Wildman–Crippen MR) is 58.2 cm³/mol. The van der Waals surface area contributed by atoms with Crippen LogP contribution >= 0.6 is 0 Å². The lowest BCUT2D eigenvalue weighted by molar-refractivity contribution is 0.156. The van der Waals surface area contributed by atoms with E-state index in [4.69, 9.17) is 0 Å². The zero-order valence-electron chi connectivity index (χ0n) is 8.96. The van der Waals surface area contributed by atoms with Gasteiger partial charge in [-0.3, -0.25) is 4.90 Å². The first-order valence-electron chi connectivity index (χ1n) is 5.38. The lowest BCUT2D eigenvalue weighted by Gasteiger charge is -2.35. The van der Waals surface area contributed by atoms with Crippen molar-refractivity contribution >= 4 is 0 Å². The number of hydrogen-bond acceptors (Lipinski definition) is 2. The van der Waals surface area contributed by atoms with Crippen LogP contribution in [0.5, 0.6) is 0 Å².